The molecule has 2 heterocycles. The fourth-order valence-electron chi connectivity index (χ4n) is 3.45. The topological polar surface area (TPSA) is 79.2 Å². The number of piperidine rings is 1. The standard InChI is InChI=1S/C21H25FN2O4S/c1-3-19(28-15-17-6-4-7-18(22)14-17)9-8-16(2)21(25)10-5-11-24-12-13-29(26,27)23-20(21)24/h3-4,6-9,14,25H,1,5,10-13,15H2,2H3/b16-8+,19-9+. The molecule has 2 aliphatic rings. The Morgan fingerprint density at radius 2 is 2.21 bits per heavy atom. The van der Waals surface area contributed by atoms with E-state index >= 15 is 0 Å². The van der Waals surface area contributed by atoms with Crippen LogP contribution in [0.2, 0.25) is 0 Å². The largest absolute Gasteiger partial charge is 0.489 e. The van der Waals surface area contributed by atoms with E-state index in [-0.39, 0.29) is 24.0 Å². The Hall–Kier alpha value is -2.45. The second kappa shape index (κ2) is 8.51. The molecule has 0 bridgehead atoms. The molecule has 29 heavy (non-hydrogen) atoms. The van der Waals surface area contributed by atoms with Crippen LogP contribution in [0.15, 0.2) is 64.8 Å². The van der Waals surface area contributed by atoms with Crippen LogP contribution >= 0.6 is 0 Å². The molecule has 0 aliphatic carbocycles. The van der Waals surface area contributed by atoms with Gasteiger partial charge in [0.25, 0.3) is 10.0 Å². The molecule has 3 rings (SSSR count). The van der Waals surface area contributed by atoms with Gasteiger partial charge >= 0.3 is 0 Å². The minimum Gasteiger partial charge on any atom is -0.489 e. The molecule has 0 spiro atoms. The second-order valence-electron chi connectivity index (χ2n) is 7.19. The quantitative estimate of drug-likeness (QED) is 0.566. The molecular formula is C21H25FN2O4S. The number of ether oxygens (including phenoxy) is 1. The van der Waals surface area contributed by atoms with Gasteiger partial charge in [0, 0.05) is 13.1 Å². The fourth-order valence-corrected chi connectivity index (χ4v) is 4.52. The van der Waals surface area contributed by atoms with Gasteiger partial charge in [-0.1, -0.05) is 24.8 Å². The lowest BCUT2D eigenvalue weighted by Crippen LogP contribution is -2.57. The molecule has 1 atom stereocenters. The lowest BCUT2D eigenvalue weighted by atomic mass is 9.84. The summed E-state index contributed by atoms with van der Waals surface area (Å²) in [7, 11) is -3.56. The SMILES string of the molecule is C=C/C(=C\C=C(/C)C1(O)CCCN2CCS(=O)(=O)N=C21)OCc1cccc(F)c1. The Bertz CT molecular complexity index is 984. The maximum Gasteiger partial charge on any atom is 0.256 e. The van der Waals surface area contributed by atoms with E-state index in [9.17, 15) is 17.9 Å². The highest BCUT2D eigenvalue weighted by Crippen LogP contribution is 2.32. The van der Waals surface area contributed by atoms with E-state index in [1.54, 1.807) is 31.2 Å². The Labute approximate surface area is 170 Å². The molecule has 8 heteroatoms. The highest BCUT2D eigenvalue weighted by molar-refractivity contribution is 7.90. The Morgan fingerprint density at radius 1 is 1.41 bits per heavy atom. The van der Waals surface area contributed by atoms with Crippen molar-refractivity contribution in [3.8, 4) is 0 Å². The van der Waals surface area contributed by atoms with E-state index in [0.29, 0.717) is 36.4 Å². The molecule has 6 nitrogen and oxygen atoms in total. The molecule has 0 aromatic heterocycles. The third-order valence-corrected chi connectivity index (χ3v) is 6.28. The van der Waals surface area contributed by atoms with Crippen molar-refractivity contribution in [1.82, 2.24) is 4.90 Å². The molecule has 0 radical (unpaired) electrons. The van der Waals surface area contributed by atoms with Gasteiger partial charge in [0.05, 0.1) is 5.75 Å². The maximum atomic E-state index is 13.3. The summed E-state index contributed by atoms with van der Waals surface area (Å²) in [5.41, 5.74) is -0.203. The molecular weight excluding hydrogens is 395 g/mol. The number of nitrogens with zero attached hydrogens (tertiary/aromatic N) is 2. The van der Waals surface area contributed by atoms with Crippen molar-refractivity contribution in [3.63, 3.8) is 0 Å². The van der Waals surface area contributed by atoms with Crippen molar-refractivity contribution >= 4 is 15.9 Å². The summed E-state index contributed by atoms with van der Waals surface area (Å²) >= 11 is 0. The van der Waals surface area contributed by atoms with Crippen LogP contribution in [0.25, 0.3) is 0 Å². The zero-order valence-corrected chi connectivity index (χ0v) is 17.2. The number of aliphatic hydroxyl groups is 1. The smallest absolute Gasteiger partial charge is 0.256 e. The van der Waals surface area contributed by atoms with Crippen LogP contribution in [-0.4, -0.2) is 48.7 Å². The minimum atomic E-state index is -3.56. The number of benzene rings is 1. The summed E-state index contributed by atoms with van der Waals surface area (Å²) < 4.78 is 46.7. The molecule has 1 aromatic rings. The number of rotatable bonds is 6. The predicted molar refractivity (Wildman–Crippen MR) is 110 cm³/mol. The summed E-state index contributed by atoms with van der Waals surface area (Å²) in [4.78, 5) is 1.83. The first kappa shape index (κ1) is 21.3. The summed E-state index contributed by atoms with van der Waals surface area (Å²) in [5.74, 6) is 0.267. The summed E-state index contributed by atoms with van der Waals surface area (Å²) in [6.07, 6.45) is 5.96. The molecule has 156 valence electrons. The van der Waals surface area contributed by atoms with Crippen molar-refractivity contribution < 1.29 is 22.7 Å². The van der Waals surface area contributed by atoms with Crippen LogP contribution in [-0.2, 0) is 21.4 Å². The fraction of sp³-hybridized carbons (Fsp3) is 0.381. The van der Waals surface area contributed by atoms with E-state index in [2.05, 4.69) is 11.0 Å². The van der Waals surface area contributed by atoms with Gasteiger partial charge in [0.1, 0.15) is 23.8 Å². The molecule has 2 aliphatic heterocycles. The van der Waals surface area contributed by atoms with Crippen LogP contribution in [0, 0.1) is 5.82 Å². The Kier molecular flexibility index (Phi) is 6.24. The van der Waals surface area contributed by atoms with Crippen molar-refractivity contribution in [3.05, 3.63) is 71.8 Å². The van der Waals surface area contributed by atoms with Crippen molar-refractivity contribution in [1.29, 1.82) is 0 Å². The molecule has 1 N–H and O–H groups in total. The van der Waals surface area contributed by atoms with Crippen LogP contribution in [0.4, 0.5) is 4.39 Å². The first-order valence-electron chi connectivity index (χ1n) is 9.43. The first-order chi connectivity index (χ1) is 13.7. The van der Waals surface area contributed by atoms with Crippen molar-refractivity contribution in [2.45, 2.75) is 32.0 Å². The average Bonchev–Trinajstić information content (AvgIpc) is 2.68. The monoisotopic (exact) mass is 420 g/mol. The molecule has 0 amide bonds. The molecule has 1 unspecified atom stereocenters. The van der Waals surface area contributed by atoms with Crippen molar-refractivity contribution in [2.75, 3.05) is 18.8 Å². The highest BCUT2D eigenvalue weighted by Gasteiger charge is 2.44. The zero-order valence-electron chi connectivity index (χ0n) is 16.3. The number of fused-ring (bicyclic) bond motifs is 1. The third kappa shape index (κ3) is 4.94. The Morgan fingerprint density at radius 3 is 2.93 bits per heavy atom. The van der Waals surface area contributed by atoms with Gasteiger partial charge in [-0.15, -0.1) is 4.40 Å². The molecule has 1 fully saturated rings. The molecule has 1 aromatic carbocycles. The number of hydrogen-bond acceptors (Lipinski definition) is 5. The molecule has 0 saturated carbocycles. The number of hydrogen-bond donors (Lipinski definition) is 1. The predicted octanol–water partition coefficient (Wildman–Crippen LogP) is 2.93. The number of allylic oxidation sites excluding steroid dienone is 3. The molecule has 1 saturated heterocycles. The van der Waals surface area contributed by atoms with Crippen LogP contribution < -0.4 is 0 Å². The number of sulfonamides is 1. The second-order valence-corrected chi connectivity index (χ2v) is 8.95. The van der Waals surface area contributed by atoms with Crippen LogP contribution in [0.5, 0.6) is 0 Å². The van der Waals surface area contributed by atoms with E-state index in [1.165, 1.54) is 18.2 Å². The average molecular weight is 421 g/mol. The summed E-state index contributed by atoms with van der Waals surface area (Å²) in [6, 6.07) is 6.12. The van der Waals surface area contributed by atoms with Crippen LogP contribution in [0.3, 0.4) is 0 Å². The van der Waals surface area contributed by atoms with Gasteiger partial charge in [-0.3, -0.25) is 0 Å². The van der Waals surface area contributed by atoms with Gasteiger partial charge in [-0.25, -0.2) is 12.8 Å². The number of halogens is 1. The highest BCUT2D eigenvalue weighted by atomic mass is 32.2. The summed E-state index contributed by atoms with van der Waals surface area (Å²) in [6.45, 7) is 6.63. The van der Waals surface area contributed by atoms with Gasteiger partial charge in [0.2, 0.25) is 0 Å². The third-order valence-electron chi connectivity index (χ3n) is 5.13. The van der Waals surface area contributed by atoms with Crippen LogP contribution in [0.1, 0.15) is 25.3 Å². The van der Waals surface area contributed by atoms with Crippen molar-refractivity contribution in [2.24, 2.45) is 4.40 Å². The van der Waals surface area contributed by atoms with Gasteiger partial charge in [-0.2, -0.15) is 0 Å². The lowest BCUT2D eigenvalue weighted by Gasteiger charge is -2.43. The van der Waals surface area contributed by atoms with Gasteiger partial charge in [0.15, 0.2) is 5.84 Å². The zero-order chi connectivity index (χ0) is 21.1. The van der Waals surface area contributed by atoms with E-state index in [4.69, 9.17) is 4.74 Å². The lowest BCUT2D eigenvalue weighted by molar-refractivity contribution is 0.100. The van der Waals surface area contributed by atoms with E-state index in [1.807, 2.05) is 4.90 Å². The first-order valence-corrected chi connectivity index (χ1v) is 11.0. The maximum absolute atomic E-state index is 13.3. The van der Waals surface area contributed by atoms with Gasteiger partial charge in [-0.05, 0) is 55.2 Å². The normalized spacial score (nSPS) is 24.5. The Balaban J connectivity index is 1.80. The van der Waals surface area contributed by atoms with Gasteiger partial charge < -0.3 is 14.7 Å². The van der Waals surface area contributed by atoms with E-state index < -0.39 is 15.6 Å². The summed E-state index contributed by atoms with van der Waals surface area (Å²) in [5, 5.41) is 11.2. The number of amidine groups is 1. The van der Waals surface area contributed by atoms with E-state index in [0.717, 1.165) is 6.42 Å². The minimum absolute atomic E-state index is 0.0379.